The Labute approximate surface area is 127 Å². The average molecular weight is 317 g/mol. The Morgan fingerprint density at radius 1 is 1.29 bits per heavy atom. The molecule has 0 bridgehead atoms. The van der Waals surface area contributed by atoms with Crippen LogP contribution in [0.5, 0.6) is 0 Å². The van der Waals surface area contributed by atoms with Gasteiger partial charge in [-0.2, -0.15) is 4.31 Å². The van der Waals surface area contributed by atoms with Gasteiger partial charge in [-0.15, -0.1) is 0 Å². The van der Waals surface area contributed by atoms with Gasteiger partial charge in [-0.05, 0) is 50.5 Å². The van der Waals surface area contributed by atoms with Gasteiger partial charge in [-0.1, -0.05) is 6.92 Å². The summed E-state index contributed by atoms with van der Waals surface area (Å²) in [5.74, 6) is -0.420. The zero-order valence-electron chi connectivity index (χ0n) is 13.3. The van der Waals surface area contributed by atoms with Crippen molar-refractivity contribution in [2.75, 3.05) is 20.3 Å². The van der Waals surface area contributed by atoms with Crippen LogP contribution in [-0.4, -0.2) is 39.0 Å². The number of nitrogens with zero attached hydrogens (tertiary/aromatic N) is 1. The van der Waals surface area contributed by atoms with E-state index in [1.807, 2.05) is 13.8 Å². The lowest BCUT2D eigenvalue weighted by Crippen LogP contribution is -2.41. The second-order valence-electron chi connectivity index (χ2n) is 5.23. The van der Waals surface area contributed by atoms with E-state index in [0.717, 1.165) is 0 Å². The van der Waals surface area contributed by atoms with Crippen LogP contribution in [0, 0.1) is 19.7 Å². The van der Waals surface area contributed by atoms with Crippen LogP contribution in [0.3, 0.4) is 0 Å². The summed E-state index contributed by atoms with van der Waals surface area (Å²) in [6.07, 6.45) is 0.697. The third kappa shape index (κ3) is 4.02. The van der Waals surface area contributed by atoms with Gasteiger partial charge < -0.3 is 4.74 Å². The predicted molar refractivity (Wildman–Crippen MR) is 81.4 cm³/mol. The maximum atomic E-state index is 13.4. The molecule has 1 aromatic rings. The van der Waals surface area contributed by atoms with Crippen molar-refractivity contribution in [1.29, 1.82) is 0 Å². The second-order valence-corrected chi connectivity index (χ2v) is 7.06. The number of methoxy groups -OCH3 is 1. The molecule has 0 aliphatic rings. The molecule has 0 aromatic heterocycles. The van der Waals surface area contributed by atoms with Crippen LogP contribution >= 0.6 is 0 Å². The molecule has 0 spiro atoms. The van der Waals surface area contributed by atoms with Gasteiger partial charge in [-0.3, -0.25) is 0 Å². The van der Waals surface area contributed by atoms with Crippen LogP contribution in [0.15, 0.2) is 17.0 Å². The van der Waals surface area contributed by atoms with E-state index in [9.17, 15) is 12.8 Å². The van der Waals surface area contributed by atoms with Gasteiger partial charge in [0.15, 0.2) is 0 Å². The number of hydrogen-bond acceptors (Lipinski definition) is 3. The van der Waals surface area contributed by atoms with Gasteiger partial charge in [0.2, 0.25) is 10.0 Å². The fourth-order valence-corrected chi connectivity index (χ4v) is 4.49. The molecule has 6 heteroatoms. The first-order valence-corrected chi connectivity index (χ1v) is 8.47. The van der Waals surface area contributed by atoms with Crippen LogP contribution in [-0.2, 0) is 14.8 Å². The lowest BCUT2D eigenvalue weighted by molar-refractivity contribution is 0.167. The van der Waals surface area contributed by atoms with Gasteiger partial charge in [0.1, 0.15) is 5.82 Å². The Balaban J connectivity index is 3.35. The molecule has 4 nitrogen and oxygen atoms in total. The van der Waals surface area contributed by atoms with Crippen LogP contribution in [0.25, 0.3) is 0 Å². The first-order chi connectivity index (χ1) is 9.75. The Kier molecular flexibility index (Phi) is 6.31. The van der Waals surface area contributed by atoms with Gasteiger partial charge in [0.05, 0.1) is 11.5 Å². The van der Waals surface area contributed by atoms with Crippen LogP contribution in [0.4, 0.5) is 4.39 Å². The minimum absolute atomic E-state index is 0.144. The molecule has 1 aromatic carbocycles. The third-order valence-corrected chi connectivity index (χ3v) is 5.91. The Bertz CT molecular complexity index is 564. The minimum Gasteiger partial charge on any atom is -0.383 e. The van der Waals surface area contributed by atoms with E-state index < -0.39 is 15.8 Å². The number of aryl methyl sites for hydroxylation is 2. The highest BCUT2D eigenvalue weighted by atomic mass is 32.2. The normalized spacial score (nSPS) is 13.7. The van der Waals surface area contributed by atoms with Crippen molar-refractivity contribution in [2.24, 2.45) is 0 Å². The highest BCUT2D eigenvalue weighted by Gasteiger charge is 2.30. The van der Waals surface area contributed by atoms with Crippen LogP contribution < -0.4 is 0 Å². The molecule has 120 valence electrons. The summed E-state index contributed by atoms with van der Waals surface area (Å²) in [4.78, 5) is 0.195. The number of benzene rings is 1. The molecule has 0 fully saturated rings. The molecule has 0 N–H and O–H groups in total. The Morgan fingerprint density at radius 2 is 1.81 bits per heavy atom. The van der Waals surface area contributed by atoms with Crippen molar-refractivity contribution < 1.29 is 17.5 Å². The van der Waals surface area contributed by atoms with E-state index in [0.29, 0.717) is 24.2 Å². The van der Waals surface area contributed by atoms with E-state index in [1.165, 1.54) is 23.5 Å². The van der Waals surface area contributed by atoms with Gasteiger partial charge in [-0.25, -0.2) is 12.8 Å². The van der Waals surface area contributed by atoms with Crippen molar-refractivity contribution in [3.63, 3.8) is 0 Å². The molecule has 1 rings (SSSR count). The minimum atomic E-state index is -3.68. The SMILES string of the molecule is CCC(C)N(CCOC)S(=O)(=O)c1c(C)cc(F)cc1C. The molecule has 0 aliphatic carbocycles. The van der Waals surface area contributed by atoms with E-state index >= 15 is 0 Å². The quantitative estimate of drug-likeness (QED) is 0.777. The highest BCUT2D eigenvalue weighted by Crippen LogP contribution is 2.26. The van der Waals surface area contributed by atoms with E-state index in [4.69, 9.17) is 4.74 Å². The lowest BCUT2D eigenvalue weighted by Gasteiger charge is -2.28. The molecule has 1 atom stereocenters. The molecule has 0 radical (unpaired) electrons. The van der Waals surface area contributed by atoms with Gasteiger partial charge >= 0.3 is 0 Å². The zero-order chi connectivity index (χ0) is 16.2. The highest BCUT2D eigenvalue weighted by molar-refractivity contribution is 7.89. The predicted octanol–water partition coefficient (Wildman–Crippen LogP) is 2.88. The molecular weight excluding hydrogens is 293 g/mol. The second kappa shape index (κ2) is 7.33. The van der Waals surface area contributed by atoms with Gasteiger partial charge in [0, 0.05) is 19.7 Å². The molecule has 0 heterocycles. The molecule has 0 saturated carbocycles. The Hall–Kier alpha value is -0.980. The third-order valence-electron chi connectivity index (χ3n) is 3.59. The summed E-state index contributed by atoms with van der Waals surface area (Å²) in [7, 11) is -2.14. The summed E-state index contributed by atoms with van der Waals surface area (Å²) >= 11 is 0. The average Bonchev–Trinajstić information content (AvgIpc) is 2.36. The number of sulfonamides is 1. The maximum absolute atomic E-state index is 13.4. The van der Waals surface area contributed by atoms with E-state index in [1.54, 1.807) is 13.8 Å². The first kappa shape index (κ1) is 18.1. The van der Waals surface area contributed by atoms with Crippen molar-refractivity contribution in [3.05, 3.63) is 29.1 Å². The van der Waals surface area contributed by atoms with Crippen molar-refractivity contribution >= 4 is 10.0 Å². The smallest absolute Gasteiger partial charge is 0.243 e. The molecular formula is C15H24FNO3S. The maximum Gasteiger partial charge on any atom is 0.243 e. The monoisotopic (exact) mass is 317 g/mol. The summed E-state index contributed by atoms with van der Waals surface area (Å²) in [6.45, 7) is 7.64. The summed E-state index contributed by atoms with van der Waals surface area (Å²) < 4.78 is 45.7. The summed E-state index contributed by atoms with van der Waals surface area (Å²) in [5, 5.41) is 0. The largest absolute Gasteiger partial charge is 0.383 e. The topological polar surface area (TPSA) is 46.6 Å². The fraction of sp³-hybridized carbons (Fsp3) is 0.600. The van der Waals surface area contributed by atoms with Crippen molar-refractivity contribution in [1.82, 2.24) is 4.31 Å². The van der Waals surface area contributed by atoms with Crippen LogP contribution in [0.1, 0.15) is 31.4 Å². The van der Waals surface area contributed by atoms with Gasteiger partial charge in [0.25, 0.3) is 0 Å². The fourth-order valence-electron chi connectivity index (χ4n) is 2.38. The number of hydrogen-bond donors (Lipinski definition) is 0. The van der Waals surface area contributed by atoms with E-state index in [2.05, 4.69) is 0 Å². The van der Waals surface area contributed by atoms with Crippen molar-refractivity contribution in [3.8, 4) is 0 Å². The number of halogens is 1. The Morgan fingerprint density at radius 3 is 2.24 bits per heavy atom. The molecule has 1 unspecified atom stereocenters. The first-order valence-electron chi connectivity index (χ1n) is 7.03. The number of ether oxygens (including phenoxy) is 1. The standard InChI is InChI=1S/C15H24FNO3S/c1-6-13(4)17(7-8-20-5)21(18,19)15-11(2)9-14(16)10-12(15)3/h9-10,13H,6-8H2,1-5H3. The molecule has 0 amide bonds. The van der Waals surface area contributed by atoms with Crippen molar-refractivity contribution in [2.45, 2.75) is 45.1 Å². The molecule has 0 aliphatic heterocycles. The summed E-state index contributed by atoms with van der Waals surface area (Å²) in [6, 6.07) is 2.37. The van der Waals surface area contributed by atoms with E-state index in [-0.39, 0.29) is 17.5 Å². The summed E-state index contributed by atoms with van der Waals surface area (Å²) in [5.41, 5.74) is 0.858. The molecule has 21 heavy (non-hydrogen) atoms. The lowest BCUT2D eigenvalue weighted by atomic mass is 10.1. The zero-order valence-corrected chi connectivity index (χ0v) is 14.1. The number of rotatable bonds is 7. The van der Waals surface area contributed by atoms with Crippen LogP contribution in [0.2, 0.25) is 0 Å². The molecule has 0 saturated heterocycles.